The lowest BCUT2D eigenvalue weighted by Crippen LogP contribution is -1.99. The minimum atomic E-state index is -0.622. The molecule has 2 nitrogen and oxygen atoms in total. The van der Waals surface area contributed by atoms with Crippen molar-refractivity contribution in [2.24, 2.45) is 0 Å². The third-order valence-electron chi connectivity index (χ3n) is 4.06. The molecule has 1 aliphatic rings. The van der Waals surface area contributed by atoms with Gasteiger partial charge in [-0.25, -0.2) is 0 Å². The van der Waals surface area contributed by atoms with Crippen molar-refractivity contribution in [1.82, 2.24) is 0 Å². The van der Waals surface area contributed by atoms with Crippen LogP contribution < -0.4 is 0 Å². The van der Waals surface area contributed by atoms with Gasteiger partial charge in [0.1, 0.15) is 6.10 Å². The summed E-state index contributed by atoms with van der Waals surface area (Å²) in [5, 5.41) is 13.0. The molecule has 94 valence electrons. The number of hydrogen-bond donors (Lipinski definition) is 1. The molecule has 1 aromatic heterocycles. The fourth-order valence-electron chi connectivity index (χ4n) is 3.12. The van der Waals surface area contributed by atoms with Crippen molar-refractivity contribution in [3.8, 4) is 0 Å². The summed E-state index contributed by atoms with van der Waals surface area (Å²) in [5.41, 5.74) is 4.56. The summed E-state index contributed by atoms with van der Waals surface area (Å²) in [6.07, 6.45) is 4.80. The van der Waals surface area contributed by atoms with Gasteiger partial charge in [0.25, 0.3) is 0 Å². The molecule has 0 saturated heterocycles. The Hall–Kier alpha value is -2.06. The van der Waals surface area contributed by atoms with Crippen LogP contribution in [-0.2, 0) is 12.8 Å². The van der Waals surface area contributed by atoms with E-state index in [1.54, 1.807) is 12.5 Å². The van der Waals surface area contributed by atoms with Gasteiger partial charge in [-0.1, -0.05) is 30.3 Å². The Morgan fingerprint density at radius 3 is 2.63 bits per heavy atom. The Labute approximate surface area is 111 Å². The van der Waals surface area contributed by atoms with E-state index in [-0.39, 0.29) is 0 Å². The summed E-state index contributed by atoms with van der Waals surface area (Å²) < 4.78 is 5.07. The lowest BCUT2D eigenvalue weighted by molar-refractivity contribution is 0.221. The molecule has 4 rings (SSSR count). The second-order valence-electron chi connectivity index (χ2n) is 5.11. The highest BCUT2D eigenvalue weighted by Crippen LogP contribution is 2.36. The minimum absolute atomic E-state index is 0.622. The first-order chi connectivity index (χ1) is 9.34. The van der Waals surface area contributed by atoms with Gasteiger partial charge in [0.05, 0.1) is 12.5 Å². The van der Waals surface area contributed by atoms with Crippen molar-refractivity contribution >= 4 is 10.8 Å². The summed E-state index contributed by atoms with van der Waals surface area (Å²) >= 11 is 0. The average molecular weight is 250 g/mol. The third-order valence-corrected chi connectivity index (χ3v) is 4.06. The minimum Gasteiger partial charge on any atom is -0.472 e. The van der Waals surface area contributed by atoms with Crippen LogP contribution >= 0.6 is 0 Å². The van der Waals surface area contributed by atoms with Gasteiger partial charge in [0, 0.05) is 5.56 Å². The molecular formula is C17H14O2. The molecule has 0 amide bonds. The summed E-state index contributed by atoms with van der Waals surface area (Å²) in [6.45, 7) is 0. The molecule has 2 aromatic carbocycles. The fourth-order valence-corrected chi connectivity index (χ4v) is 3.12. The zero-order valence-corrected chi connectivity index (χ0v) is 10.5. The maximum atomic E-state index is 10.5. The van der Waals surface area contributed by atoms with Gasteiger partial charge in [-0.15, -0.1) is 0 Å². The van der Waals surface area contributed by atoms with E-state index in [1.165, 1.54) is 21.9 Å². The van der Waals surface area contributed by atoms with Gasteiger partial charge < -0.3 is 9.52 Å². The first kappa shape index (κ1) is 10.8. The Kier molecular flexibility index (Phi) is 2.26. The van der Waals surface area contributed by atoms with E-state index in [1.807, 2.05) is 12.1 Å². The van der Waals surface area contributed by atoms with Crippen LogP contribution in [0.3, 0.4) is 0 Å². The van der Waals surface area contributed by atoms with Crippen LogP contribution in [-0.4, -0.2) is 5.11 Å². The fraction of sp³-hybridized carbons (Fsp3) is 0.176. The molecule has 1 N–H and O–H groups in total. The predicted molar refractivity (Wildman–Crippen MR) is 74.1 cm³/mol. The second-order valence-corrected chi connectivity index (χ2v) is 5.11. The number of benzene rings is 2. The first-order valence-corrected chi connectivity index (χ1v) is 6.58. The molecule has 1 unspecified atom stereocenters. The smallest absolute Gasteiger partial charge is 0.108 e. The van der Waals surface area contributed by atoms with Crippen LogP contribution in [0.2, 0.25) is 0 Å². The third kappa shape index (κ3) is 1.53. The largest absolute Gasteiger partial charge is 0.472 e. The Morgan fingerprint density at radius 1 is 1.00 bits per heavy atom. The maximum Gasteiger partial charge on any atom is 0.108 e. The van der Waals surface area contributed by atoms with Gasteiger partial charge in [0.15, 0.2) is 0 Å². The SMILES string of the molecule is OC(c1ccoc1)c1ccc2c3c(cccc13)CC2. The van der Waals surface area contributed by atoms with E-state index < -0.39 is 6.10 Å². The summed E-state index contributed by atoms with van der Waals surface area (Å²) in [4.78, 5) is 0. The molecule has 19 heavy (non-hydrogen) atoms. The van der Waals surface area contributed by atoms with E-state index in [2.05, 4.69) is 24.3 Å². The Morgan fingerprint density at radius 2 is 1.84 bits per heavy atom. The van der Waals surface area contributed by atoms with E-state index >= 15 is 0 Å². The summed E-state index contributed by atoms with van der Waals surface area (Å²) in [7, 11) is 0. The number of aliphatic hydroxyl groups is 1. The van der Waals surface area contributed by atoms with Crippen LogP contribution in [0.5, 0.6) is 0 Å². The van der Waals surface area contributed by atoms with Crippen molar-refractivity contribution < 1.29 is 9.52 Å². The molecular weight excluding hydrogens is 236 g/mol. The summed E-state index contributed by atoms with van der Waals surface area (Å²) in [6, 6.07) is 12.4. The number of aliphatic hydroxyl groups excluding tert-OH is 1. The van der Waals surface area contributed by atoms with E-state index in [4.69, 9.17) is 4.42 Å². The van der Waals surface area contributed by atoms with Crippen LogP contribution in [0, 0.1) is 0 Å². The van der Waals surface area contributed by atoms with Crippen molar-refractivity contribution in [2.75, 3.05) is 0 Å². The van der Waals surface area contributed by atoms with E-state index in [0.717, 1.165) is 24.0 Å². The maximum absolute atomic E-state index is 10.5. The quantitative estimate of drug-likeness (QED) is 0.753. The monoisotopic (exact) mass is 250 g/mol. The van der Waals surface area contributed by atoms with Crippen LogP contribution in [0.4, 0.5) is 0 Å². The molecule has 0 aliphatic heterocycles. The lowest BCUT2D eigenvalue weighted by Gasteiger charge is -2.13. The highest BCUT2D eigenvalue weighted by Gasteiger charge is 2.20. The van der Waals surface area contributed by atoms with Crippen molar-refractivity contribution in [2.45, 2.75) is 18.9 Å². The molecule has 0 fully saturated rings. The van der Waals surface area contributed by atoms with E-state index in [9.17, 15) is 5.11 Å². The van der Waals surface area contributed by atoms with Gasteiger partial charge in [0.2, 0.25) is 0 Å². The molecule has 0 radical (unpaired) electrons. The van der Waals surface area contributed by atoms with Gasteiger partial charge in [-0.05, 0) is 46.4 Å². The predicted octanol–water partition coefficient (Wildman–Crippen LogP) is 3.61. The first-order valence-electron chi connectivity index (χ1n) is 6.58. The molecule has 1 aliphatic carbocycles. The van der Waals surface area contributed by atoms with Gasteiger partial charge in [-0.3, -0.25) is 0 Å². The second kappa shape index (κ2) is 3.97. The molecule has 1 atom stereocenters. The summed E-state index contributed by atoms with van der Waals surface area (Å²) in [5.74, 6) is 0. The van der Waals surface area contributed by atoms with Gasteiger partial charge in [-0.2, -0.15) is 0 Å². The van der Waals surface area contributed by atoms with Crippen LogP contribution in [0.15, 0.2) is 53.3 Å². The van der Waals surface area contributed by atoms with Crippen molar-refractivity contribution in [3.05, 3.63) is 71.2 Å². The lowest BCUT2D eigenvalue weighted by atomic mass is 9.94. The average Bonchev–Trinajstić information content (AvgIpc) is 3.09. The van der Waals surface area contributed by atoms with Gasteiger partial charge >= 0.3 is 0 Å². The zero-order valence-electron chi connectivity index (χ0n) is 10.5. The Balaban J connectivity index is 1.97. The number of rotatable bonds is 2. The number of hydrogen-bond acceptors (Lipinski definition) is 2. The number of aryl methyl sites for hydroxylation is 2. The van der Waals surface area contributed by atoms with E-state index in [0.29, 0.717) is 0 Å². The topological polar surface area (TPSA) is 33.4 Å². The molecule has 1 heterocycles. The molecule has 3 aromatic rings. The Bertz CT molecular complexity index is 731. The standard InChI is InChI=1S/C17H14O2/c18-17(13-8-9-19-10-13)15-7-6-12-5-4-11-2-1-3-14(15)16(11)12/h1-3,6-10,17-18H,4-5H2. The van der Waals surface area contributed by atoms with Crippen molar-refractivity contribution in [1.29, 1.82) is 0 Å². The van der Waals surface area contributed by atoms with Crippen molar-refractivity contribution in [3.63, 3.8) is 0 Å². The highest BCUT2D eigenvalue weighted by molar-refractivity contribution is 5.93. The number of furan rings is 1. The van der Waals surface area contributed by atoms with Crippen LogP contribution in [0.1, 0.15) is 28.4 Å². The highest BCUT2D eigenvalue weighted by atomic mass is 16.3. The molecule has 0 spiro atoms. The van der Waals surface area contributed by atoms with Crippen LogP contribution in [0.25, 0.3) is 10.8 Å². The molecule has 0 saturated carbocycles. The zero-order chi connectivity index (χ0) is 12.8. The molecule has 2 heteroatoms. The molecule has 0 bridgehead atoms. The normalized spacial score (nSPS) is 15.0.